The molecule has 2 heterocycles. The summed E-state index contributed by atoms with van der Waals surface area (Å²) in [6.45, 7) is 0.317. The predicted molar refractivity (Wildman–Crippen MR) is 97.3 cm³/mol. The van der Waals surface area contributed by atoms with Gasteiger partial charge in [0.15, 0.2) is 0 Å². The predicted octanol–water partition coefficient (Wildman–Crippen LogP) is -0.226. The van der Waals surface area contributed by atoms with Gasteiger partial charge < -0.3 is 25.7 Å². The Kier molecular flexibility index (Phi) is 5.81. The number of benzene rings is 1. The van der Waals surface area contributed by atoms with Gasteiger partial charge in [-0.3, -0.25) is 14.4 Å². The second-order valence-electron chi connectivity index (χ2n) is 7.12. The molecule has 3 rings (SSSR count). The molecule has 2 aliphatic heterocycles. The van der Waals surface area contributed by atoms with Gasteiger partial charge in [0.1, 0.15) is 23.9 Å². The van der Waals surface area contributed by atoms with Gasteiger partial charge in [0, 0.05) is 19.4 Å². The molecule has 0 radical (unpaired) electrons. The Morgan fingerprint density at radius 2 is 1.93 bits per heavy atom. The Bertz CT molecular complexity index is 778. The molecule has 9 nitrogen and oxygen atoms in total. The van der Waals surface area contributed by atoms with Gasteiger partial charge in [0.2, 0.25) is 17.7 Å². The van der Waals surface area contributed by atoms with Gasteiger partial charge in [-0.05, 0) is 37.0 Å². The molecule has 1 aromatic carbocycles. The number of amides is 3. The number of nitrogens with one attached hydrogen (secondary N) is 2. The molecule has 0 aromatic heterocycles. The molecular weight excluding hydrogens is 366 g/mol. The lowest BCUT2D eigenvalue weighted by molar-refractivity contribution is -0.149. The lowest BCUT2D eigenvalue weighted by atomic mass is 10.0. The quantitative estimate of drug-likeness (QED) is 0.531. The van der Waals surface area contributed by atoms with Gasteiger partial charge in [-0.15, -0.1) is 0 Å². The van der Waals surface area contributed by atoms with E-state index in [-0.39, 0.29) is 24.5 Å². The van der Waals surface area contributed by atoms with E-state index in [0.717, 1.165) is 0 Å². The number of rotatable bonds is 6. The van der Waals surface area contributed by atoms with Crippen molar-refractivity contribution in [3.8, 4) is 5.75 Å². The SMILES string of the molecule is O=C1CC[C@@H](C(=O)N[C@@H](Cc2ccc(O)cc2)C(=O)N2CCC[C@H]2C(=O)O)N1. The molecule has 150 valence electrons. The highest BCUT2D eigenvalue weighted by molar-refractivity contribution is 5.95. The minimum atomic E-state index is -1.07. The van der Waals surface area contributed by atoms with Crippen molar-refractivity contribution in [2.45, 2.75) is 50.2 Å². The van der Waals surface area contributed by atoms with Crippen LogP contribution in [0.1, 0.15) is 31.2 Å². The minimum absolute atomic E-state index is 0.0785. The van der Waals surface area contributed by atoms with E-state index < -0.39 is 35.9 Å². The number of aliphatic carboxylic acids is 1. The largest absolute Gasteiger partial charge is 0.508 e. The smallest absolute Gasteiger partial charge is 0.326 e. The Morgan fingerprint density at radius 1 is 1.21 bits per heavy atom. The molecule has 0 aliphatic carbocycles. The van der Waals surface area contributed by atoms with Crippen LogP contribution in [0.25, 0.3) is 0 Å². The second-order valence-corrected chi connectivity index (χ2v) is 7.12. The van der Waals surface area contributed by atoms with Crippen LogP contribution in [0.2, 0.25) is 0 Å². The number of phenolic OH excluding ortho intramolecular Hbond substituents is 1. The van der Waals surface area contributed by atoms with Gasteiger partial charge in [-0.25, -0.2) is 4.79 Å². The zero-order valence-corrected chi connectivity index (χ0v) is 15.3. The summed E-state index contributed by atoms with van der Waals surface area (Å²) in [4.78, 5) is 49.7. The summed E-state index contributed by atoms with van der Waals surface area (Å²) in [5.41, 5.74) is 0.706. The van der Waals surface area contributed by atoms with E-state index in [1.165, 1.54) is 17.0 Å². The highest BCUT2D eigenvalue weighted by Crippen LogP contribution is 2.20. The van der Waals surface area contributed by atoms with Gasteiger partial charge in [-0.1, -0.05) is 12.1 Å². The van der Waals surface area contributed by atoms with Crippen molar-refractivity contribution in [2.24, 2.45) is 0 Å². The molecule has 9 heteroatoms. The van der Waals surface area contributed by atoms with Crippen molar-refractivity contribution < 1.29 is 29.4 Å². The fourth-order valence-corrected chi connectivity index (χ4v) is 3.64. The topological polar surface area (TPSA) is 136 Å². The number of hydrogen-bond acceptors (Lipinski definition) is 5. The van der Waals surface area contributed by atoms with Gasteiger partial charge in [0.25, 0.3) is 0 Å². The van der Waals surface area contributed by atoms with Crippen LogP contribution < -0.4 is 10.6 Å². The molecule has 2 saturated heterocycles. The van der Waals surface area contributed by atoms with E-state index in [1.54, 1.807) is 12.1 Å². The van der Waals surface area contributed by atoms with Crippen LogP contribution in [-0.4, -0.2) is 63.5 Å². The third-order valence-corrected chi connectivity index (χ3v) is 5.12. The Balaban J connectivity index is 1.77. The van der Waals surface area contributed by atoms with Crippen molar-refractivity contribution in [1.82, 2.24) is 15.5 Å². The van der Waals surface area contributed by atoms with Crippen LogP contribution in [0.4, 0.5) is 0 Å². The van der Waals surface area contributed by atoms with Crippen LogP contribution in [0.3, 0.4) is 0 Å². The van der Waals surface area contributed by atoms with Crippen LogP contribution in [0.5, 0.6) is 5.75 Å². The first-order valence-corrected chi connectivity index (χ1v) is 9.26. The number of phenols is 1. The molecule has 0 bridgehead atoms. The summed E-state index contributed by atoms with van der Waals surface area (Å²) >= 11 is 0. The fraction of sp³-hybridized carbons (Fsp3) is 0.474. The molecule has 2 aliphatic rings. The van der Waals surface area contributed by atoms with Crippen molar-refractivity contribution in [3.05, 3.63) is 29.8 Å². The van der Waals surface area contributed by atoms with Crippen molar-refractivity contribution in [3.63, 3.8) is 0 Å². The number of carboxylic acids is 1. The van der Waals surface area contributed by atoms with Crippen LogP contribution in [0, 0.1) is 0 Å². The van der Waals surface area contributed by atoms with Gasteiger partial charge in [-0.2, -0.15) is 0 Å². The summed E-state index contributed by atoms with van der Waals surface area (Å²) in [6, 6.07) is 3.66. The third kappa shape index (κ3) is 4.41. The number of carbonyl (C=O) groups is 4. The first kappa shape index (κ1) is 19.7. The number of nitrogens with zero attached hydrogens (tertiary/aromatic N) is 1. The number of likely N-dealkylation sites (tertiary alicyclic amines) is 1. The molecule has 0 spiro atoms. The average molecular weight is 389 g/mol. The van der Waals surface area contributed by atoms with Crippen LogP contribution in [0.15, 0.2) is 24.3 Å². The third-order valence-electron chi connectivity index (χ3n) is 5.12. The second kappa shape index (κ2) is 8.28. The lowest BCUT2D eigenvalue weighted by Crippen LogP contribution is -2.55. The number of carboxylic acid groups (broad SMARTS) is 1. The fourth-order valence-electron chi connectivity index (χ4n) is 3.64. The lowest BCUT2D eigenvalue weighted by Gasteiger charge is -2.28. The molecule has 2 fully saturated rings. The highest BCUT2D eigenvalue weighted by Gasteiger charge is 2.38. The van der Waals surface area contributed by atoms with E-state index in [2.05, 4.69) is 10.6 Å². The summed E-state index contributed by atoms with van der Waals surface area (Å²) in [7, 11) is 0. The Morgan fingerprint density at radius 3 is 2.54 bits per heavy atom. The summed E-state index contributed by atoms with van der Waals surface area (Å²) < 4.78 is 0. The van der Waals surface area contributed by atoms with Crippen molar-refractivity contribution >= 4 is 23.7 Å². The molecule has 0 saturated carbocycles. The standard InChI is InChI=1S/C19H23N3O6/c23-12-5-3-11(4-6-12)10-14(21-17(25)13-7-8-16(24)20-13)18(26)22-9-1-2-15(22)19(27)28/h3-6,13-15,23H,1-2,7-10H2,(H,20,24)(H,21,25)(H,27,28)/t13-,14-,15-/m0/s1. The van der Waals surface area contributed by atoms with E-state index >= 15 is 0 Å². The van der Waals surface area contributed by atoms with E-state index in [0.29, 0.717) is 31.4 Å². The van der Waals surface area contributed by atoms with E-state index in [9.17, 15) is 29.4 Å². The average Bonchev–Trinajstić information content (AvgIpc) is 3.31. The summed E-state index contributed by atoms with van der Waals surface area (Å²) in [5, 5.41) is 24.0. The van der Waals surface area contributed by atoms with Crippen LogP contribution >= 0.6 is 0 Å². The van der Waals surface area contributed by atoms with Gasteiger partial charge in [0.05, 0.1) is 0 Å². The van der Waals surface area contributed by atoms with Crippen LogP contribution in [-0.2, 0) is 25.6 Å². The normalized spacial score (nSPS) is 22.6. The van der Waals surface area contributed by atoms with Crippen molar-refractivity contribution in [1.29, 1.82) is 0 Å². The Labute approximate surface area is 161 Å². The number of carbonyl (C=O) groups excluding carboxylic acids is 3. The first-order chi connectivity index (χ1) is 13.3. The number of aromatic hydroxyl groups is 1. The maximum Gasteiger partial charge on any atom is 0.326 e. The molecule has 3 amide bonds. The zero-order chi connectivity index (χ0) is 20.3. The minimum Gasteiger partial charge on any atom is -0.508 e. The maximum atomic E-state index is 13.1. The summed E-state index contributed by atoms with van der Waals surface area (Å²) in [5.74, 6) is -2.13. The molecular formula is C19H23N3O6. The zero-order valence-electron chi connectivity index (χ0n) is 15.3. The Hall–Kier alpha value is -3.10. The summed E-state index contributed by atoms with van der Waals surface area (Å²) in [6.07, 6.45) is 1.71. The highest BCUT2D eigenvalue weighted by atomic mass is 16.4. The van der Waals surface area contributed by atoms with E-state index in [1.807, 2.05) is 0 Å². The van der Waals surface area contributed by atoms with Gasteiger partial charge >= 0.3 is 5.97 Å². The first-order valence-electron chi connectivity index (χ1n) is 9.26. The molecule has 4 N–H and O–H groups in total. The van der Waals surface area contributed by atoms with Crippen molar-refractivity contribution in [2.75, 3.05) is 6.54 Å². The maximum absolute atomic E-state index is 13.1. The molecule has 28 heavy (non-hydrogen) atoms. The molecule has 0 unspecified atom stereocenters. The number of hydrogen-bond donors (Lipinski definition) is 4. The monoisotopic (exact) mass is 389 g/mol. The molecule has 3 atom stereocenters. The van der Waals surface area contributed by atoms with E-state index in [4.69, 9.17) is 0 Å². The molecule has 1 aromatic rings.